The normalized spacial score (nSPS) is 9.83. The van der Waals surface area contributed by atoms with E-state index >= 15 is 0 Å². The Kier molecular flexibility index (Phi) is 1.95. The maximum atomic E-state index is 11.2. The quantitative estimate of drug-likeness (QED) is 0.629. The SMILES string of the molecule is Cc1ncn(C)c(=O)c1C(=O)O. The number of aromatic carboxylic acids is 1. The molecule has 5 heteroatoms. The third-order valence-electron chi connectivity index (χ3n) is 1.53. The lowest BCUT2D eigenvalue weighted by atomic mass is 10.2. The molecule has 0 unspecified atom stereocenters. The average molecular weight is 168 g/mol. The topological polar surface area (TPSA) is 72.2 Å². The minimum atomic E-state index is -1.23. The summed E-state index contributed by atoms with van der Waals surface area (Å²) in [6.45, 7) is 1.49. The van der Waals surface area contributed by atoms with Gasteiger partial charge in [-0.2, -0.15) is 0 Å². The van der Waals surface area contributed by atoms with Gasteiger partial charge in [0.25, 0.3) is 5.56 Å². The average Bonchev–Trinajstić information content (AvgIpc) is 1.97. The van der Waals surface area contributed by atoms with Gasteiger partial charge >= 0.3 is 5.97 Å². The van der Waals surface area contributed by atoms with Crippen LogP contribution in [0.5, 0.6) is 0 Å². The van der Waals surface area contributed by atoms with Gasteiger partial charge in [0.05, 0.1) is 12.0 Å². The summed E-state index contributed by atoms with van der Waals surface area (Å²) in [5.74, 6) is -1.23. The number of carbonyl (C=O) groups is 1. The van der Waals surface area contributed by atoms with E-state index in [2.05, 4.69) is 4.98 Å². The molecule has 0 radical (unpaired) electrons. The number of carboxylic acids is 1. The number of nitrogens with zero attached hydrogens (tertiary/aromatic N) is 2. The zero-order valence-electron chi connectivity index (χ0n) is 6.74. The van der Waals surface area contributed by atoms with Crippen LogP contribution in [0.3, 0.4) is 0 Å². The molecule has 0 bridgehead atoms. The fourth-order valence-corrected chi connectivity index (χ4v) is 0.868. The van der Waals surface area contributed by atoms with Crippen molar-refractivity contribution in [2.24, 2.45) is 7.05 Å². The van der Waals surface area contributed by atoms with Crippen molar-refractivity contribution in [2.75, 3.05) is 0 Å². The molecule has 0 aliphatic carbocycles. The van der Waals surface area contributed by atoms with Crippen LogP contribution in [0.1, 0.15) is 16.1 Å². The van der Waals surface area contributed by atoms with Crippen LogP contribution in [0.2, 0.25) is 0 Å². The fraction of sp³-hybridized carbons (Fsp3) is 0.286. The lowest BCUT2D eigenvalue weighted by molar-refractivity contribution is 0.0693. The van der Waals surface area contributed by atoms with Crippen LogP contribution in [-0.2, 0) is 7.05 Å². The molecule has 1 aromatic heterocycles. The van der Waals surface area contributed by atoms with Crippen LogP contribution in [0, 0.1) is 6.92 Å². The van der Waals surface area contributed by atoms with E-state index in [1.165, 1.54) is 20.3 Å². The molecule has 0 atom stereocenters. The number of rotatable bonds is 1. The van der Waals surface area contributed by atoms with Gasteiger partial charge in [0.1, 0.15) is 5.56 Å². The van der Waals surface area contributed by atoms with Gasteiger partial charge in [0.15, 0.2) is 0 Å². The molecule has 0 aliphatic rings. The maximum absolute atomic E-state index is 11.2. The summed E-state index contributed by atoms with van der Waals surface area (Å²) < 4.78 is 1.14. The lowest BCUT2D eigenvalue weighted by Gasteiger charge is -2.00. The van der Waals surface area contributed by atoms with E-state index in [0.717, 1.165) is 4.57 Å². The number of hydrogen-bond acceptors (Lipinski definition) is 3. The molecule has 0 fully saturated rings. The molecule has 0 aliphatic heterocycles. The van der Waals surface area contributed by atoms with Crippen molar-refractivity contribution < 1.29 is 9.90 Å². The molecule has 1 rings (SSSR count). The Morgan fingerprint density at radius 1 is 1.67 bits per heavy atom. The summed E-state index contributed by atoms with van der Waals surface area (Å²) in [7, 11) is 1.46. The Morgan fingerprint density at radius 2 is 2.25 bits per heavy atom. The largest absolute Gasteiger partial charge is 0.477 e. The summed E-state index contributed by atoms with van der Waals surface area (Å²) in [6.07, 6.45) is 1.30. The zero-order valence-corrected chi connectivity index (χ0v) is 6.74. The second-order valence-corrected chi connectivity index (χ2v) is 2.43. The van der Waals surface area contributed by atoms with Gasteiger partial charge in [0, 0.05) is 7.05 Å². The Bertz CT molecular complexity index is 381. The highest BCUT2D eigenvalue weighted by molar-refractivity contribution is 5.88. The molecule has 0 saturated heterocycles. The van der Waals surface area contributed by atoms with Crippen LogP contribution in [-0.4, -0.2) is 20.6 Å². The second-order valence-electron chi connectivity index (χ2n) is 2.43. The molecule has 5 nitrogen and oxygen atoms in total. The molecule has 1 N–H and O–H groups in total. The first-order chi connectivity index (χ1) is 5.54. The van der Waals surface area contributed by atoms with Crippen molar-refractivity contribution in [2.45, 2.75) is 6.92 Å². The molecule has 1 aromatic rings. The zero-order chi connectivity index (χ0) is 9.30. The molecule has 0 saturated carbocycles. The monoisotopic (exact) mass is 168 g/mol. The highest BCUT2D eigenvalue weighted by Crippen LogP contribution is 1.95. The van der Waals surface area contributed by atoms with Gasteiger partial charge in [-0.1, -0.05) is 0 Å². The molecule has 0 spiro atoms. The van der Waals surface area contributed by atoms with Crippen molar-refractivity contribution in [1.29, 1.82) is 0 Å². The van der Waals surface area contributed by atoms with Crippen LogP contribution < -0.4 is 5.56 Å². The van der Waals surface area contributed by atoms with Crippen molar-refractivity contribution >= 4 is 5.97 Å². The van der Waals surface area contributed by atoms with Crippen LogP contribution in [0.4, 0.5) is 0 Å². The predicted octanol–water partition coefficient (Wildman–Crippen LogP) is -0.213. The number of hydrogen-bond donors (Lipinski definition) is 1. The molecule has 64 valence electrons. The van der Waals surface area contributed by atoms with Crippen molar-refractivity contribution in [3.05, 3.63) is 27.9 Å². The van der Waals surface area contributed by atoms with Gasteiger partial charge in [-0.05, 0) is 6.92 Å². The van der Waals surface area contributed by atoms with E-state index in [-0.39, 0.29) is 11.3 Å². The van der Waals surface area contributed by atoms with Crippen LogP contribution in [0.15, 0.2) is 11.1 Å². The Labute approximate surface area is 68.3 Å². The van der Waals surface area contributed by atoms with Gasteiger partial charge < -0.3 is 9.67 Å². The molecule has 0 aromatic carbocycles. The van der Waals surface area contributed by atoms with Gasteiger partial charge in [-0.3, -0.25) is 4.79 Å². The summed E-state index contributed by atoms with van der Waals surface area (Å²) in [5, 5.41) is 8.62. The van der Waals surface area contributed by atoms with E-state index < -0.39 is 11.5 Å². The molecule has 12 heavy (non-hydrogen) atoms. The third kappa shape index (κ3) is 1.20. The minimum Gasteiger partial charge on any atom is -0.477 e. The molecular formula is C7H8N2O3. The van der Waals surface area contributed by atoms with E-state index in [1.54, 1.807) is 0 Å². The van der Waals surface area contributed by atoms with Gasteiger partial charge in [0.2, 0.25) is 0 Å². The number of carboxylic acid groups (broad SMARTS) is 1. The fourth-order valence-electron chi connectivity index (χ4n) is 0.868. The first kappa shape index (κ1) is 8.45. The maximum Gasteiger partial charge on any atom is 0.343 e. The Hall–Kier alpha value is -1.65. The highest BCUT2D eigenvalue weighted by Gasteiger charge is 2.13. The smallest absolute Gasteiger partial charge is 0.343 e. The third-order valence-corrected chi connectivity index (χ3v) is 1.53. The minimum absolute atomic E-state index is 0.241. The van der Waals surface area contributed by atoms with E-state index in [4.69, 9.17) is 5.11 Å². The van der Waals surface area contributed by atoms with E-state index in [0.29, 0.717) is 0 Å². The van der Waals surface area contributed by atoms with Gasteiger partial charge in [-0.25, -0.2) is 9.78 Å². The van der Waals surface area contributed by atoms with Crippen molar-refractivity contribution in [1.82, 2.24) is 9.55 Å². The first-order valence-corrected chi connectivity index (χ1v) is 3.29. The molecule has 1 heterocycles. The summed E-state index contributed by atoms with van der Waals surface area (Å²) in [5.41, 5.74) is -0.555. The summed E-state index contributed by atoms with van der Waals surface area (Å²) >= 11 is 0. The Balaban J connectivity index is 3.55. The van der Waals surface area contributed by atoms with E-state index in [1.807, 2.05) is 0 Å². The van der Waals surface area contributed by atoms with Gasteiger partial charge in [-0.15, -0.1) is 0 Å². The number of aromatic nitrogens is 2. The van der Waals surface area contributed by atoms with Crippen molar-refractivity contribution in [3.8, 4) is 0 Å². The first-order valence-electron chi connectivity index (χ1n) is 3.29. The van der Waals surface area contributed by atoms with E-state index in [9.17, 15) is 9.59 Å². The second kappa shape index (κ2) is 2.77. The van der Waals surface area contributed by atoms with Crippen LogP contribution >= 0.6 is 0 Å². The summed E-state index contributed by atoms with van der Waals surface area (Å²) in [4.78, 5) is 25.5. The van der Waals surface area contributed by atoms with Crippen LogP contribution in [0.25, 0.3) is 0 Å². The lowest BCUT2D eigenvalue weighted by Crippen LogP contribution is -2.26. The summed E-state index contributed by atoms with van der Waals surface area (Å²) in [6, 6.07) is 0. The van der Waals surface area contributed by atoms with Crippen molar-refractivity contribution in [3.63, 3.8) is 0 Å². The molecular weight excluding hydrogens is 160 g/mol. The Morgan fingerprint density at radius 3 is 2.67 bits per heavy atom. The number of aryl methyl sites for hydroxylation is 2. The standard InChI is InChI=1S/C7H8N2O3/c1-4-5(7(11)12)6(10)9(2)3-8-4/h3H,1-2H3,(H,11,12). The predicted molar refractivity (Wildman–Crippen MR) is 41.2 cm³/mol. The highest BCUT2D eigenvalue weighted by atomic mass is 16.4. The molecule has 0 amide bonds.